The van der Waals surface area contributed by atoms with Gasteiger partial charge >= 0.3 is 5.97 Å². The normalized spacial score (nSPS) is 11.3. The average molecular weight is 247 g/mol. The Morgan fingerprint density at radius 3 is 2.94 bits per heavy atom. The van der Waals surface area contributed by atoms with Crippen molar-refractivity contribution in [2.75, 3.05) is 0 Å². The summed E-state index contributed by atoms with van der Waals surface area (Å²) in [4.78, 5) is 19.5. The van der Waals surface area contributed by atoms with Crippen LogP contribution in [0, 0.1) is 5.92 Å². The monoisotopic (exact) mass is 247 g/mol. The zero-order chi connectivity index (χ0) is 13.1. The molecule has 0 aromatic carbocycles. The number of imidazole rings is 1. The van der Waals surface area contributed by atoms with Crippen LogP contribution in [-0.2, 0) is 17.8 Å². The molecule has 1 N–H and O–H groups in total. The topological polar surface area (TPSA) is 68.0 Å². The van der Waals surface area contributed by atoms with E-state index in [-0.39, 0.29) is 6.42 Å². The van der Waals surface area contributed by atoms with E-state index in [4.69, 9.17) is 5.11 Å². The third kappa shape index (κ3) is 2.67. The SMILES string of the molecule is CC(C)Cn1c(CCC(=O)O)nc2cccnc21. The van der Waals surface area contributed by atoms with Crippen LogP contribution in [0.5, 0.6) is 0 Å². The van der Waals surface area contributed by atoms with Gasteiger partial charge in [0.15, 0.2) is 5.65 Å². The summed E-state index contributed by atoms with van der Waals surface area (Å²) in [5, 5.41) is 8.77. The Bertz CT molecular complexity index is 560. The third-order valence-electron chi connectivity index (χ3n) is 2.69. The summed E-state index contributed by atoms with van der Waals surface area (Å²) in [5.41, 5.74) is 1.67. The van der Waals surface area contributed by atoms with Crippen LogP contribution < -0.4 is 0 Å². The Balaban J connectivity index is 2.39. The molecule has 0 amide bonds. The minimum atomic E-state index is -0.800. The molecule has 2 aromatic heterocycles. The Kier molecular flexibility index (Phi) is 3.60. The molecule has 0 fully saturated rings. The van der Waals surface area contributed by atoms with Crippen LogP contribution in [-0.4, -0.2) is 25.6 Å². The standard InChI is InChI=1S/C13H17N3O2/c1-9(2)8-16-11(5-6-12(17)18)15-10-4-3-7-14-13(10)16/h3-4,7,9H,5-6,8H2,1-2H3,(H,17,18). The fourth-order valence-corrected chi connectivity index (χ4v) is 1.97. The number of aromatic nitrogens is 3. The molecule has 0 spiro atoms. The van der Waals surface area contributed by atoms with Crippen LogP contribution in [0.3, 0.4) is 0 Å². The zero-order valence-electron chi connectivity index (χ0n) is 10.6. The molecule has 0 saturated carbocycles. The average Bonchev–Trinajstić information content (AvgIpc) is 2.64. The Hall–Kier alpha value is -1.91. The molecule has 96 valence electrons. The van der Waals surface area contributed by atoms with Gasteiger partial charge in [0.1, 0.15) is 11.3 Å². The summed E-state index contributed by atoms with van der Waals surface area (Å²) in [6, 6.07) is 3.75. The minimum Gasteiger partial charge on any atom is -0.481 e. The molecule has 18 heavy (non-hydrogen) atoms. The van der Waals surface area contributed by atoms with Crippen LogP contribution in [0.2, 0.25) is 0 Å². The first kappa shape index (κ1) is 12.5. The molecule has 0 aliphatic heterocycles. The lowest BCUT2D eigenvalue weighted by Crippen LogP contribution is -2.10. The van der Waals surface area contributed by atoms with Crippen molar-refractivity contribution < 1.29 is 9.90 Å². The maximum Gasteiger partial charge on any atom is 0.303 e. The summed E-state index contributed by atoms with van der Waals surface area (Å²) in [6.07, 6.45) is 2.28. The number of aliphatic carboxylic acids is 1. The quantitative estimate of drug-likeness (QED) is 0.878. The van der Waals surface area contributed by atoms with E-state index in [2.05, 4.69) is 23.8 Å². The van der Waals surface area contributed by atoms with Gasteiger partial charge in [-0.25, -0.2) is 9.97 Å². The van der Waals surface area contributed by atoms with Crippen molar-refractivity contribution >= 4 is 17.1 Å². The first-order valence-corrected chi connectivity index (χ1v) is 6.10. The molecule has 5 nitrogen and oxygen atoms in total. The van der Waals surface area contributed by atoms with Crippen LogP contribution in [0.15, 0.2) is 18.3 Å². The number of pyridine rings is 1. The Labute approximate surface area is 105 Å². The van der Waals surface area contributed by atoms with E-state index in [1.165, 1.54) is 0 Å². The van der Waals surface area contributed by atoms with Crippen LogP contribution in [0.25, 0.3) is 11.2 Å². The largest absolute Gasteiger partial charge is 0.481 e. The van der Waals surface area contributed by atoms with Gasteiger partial charge in [-0.2, -0.15) is 0 Å². The Morgan fingerprint density at radius 2 is 2.28 bits per heavy atom. The fourth-order valence-electron chi connectivity index (χ4n) is 1.97. The van der Waals surface area contributed by atoms with E-state index in [1.807, 2.05) is 16.7 Å². The van der Waals surface area contributed by atoms with E-state index >= 15 is 0 Å². The number of carboxylic acids is 1. The van der Waals surface area contributed by atoms with Crippen molar-refractivity contribution in [3.8, 4) is 0 Å². The molecule has 0 aliphatic rings. The summed E-state index contributed by atoms with van der Waals surface area (Å²) >= 11 is 0. The highest BCUT2D eigenvalue weighted by atomic mass is 16.4. The molecule has 2 aromatic rings. The predicted molar refractivity (Wildman–Crippen MR) is 68.3 cm³/mol. The van der Waals surface area contributed by atoms with Gasteiger partial charge < -0.3 is 9.67 Å². The van der Waals surface area contributed by atoms with Gasteiger partial charge in [-0.05, 0) is 18.1 Å². The van der Waals surface area contributed by atoms with Crippen molar-refractivity contribution in [3.05, 3.63) is 24.2 Å². The molecular formula is C13H17N3O2. The van der Waals surface area contributed by atoms with E-state index < -0.39 is 5.97 Å². The second-order valence-corrected chi connectivity index (χ2v) is 4.77. The second-order valence-electron chi connectivity index (χ2n) is 4.77. The lowest BCUT2D eigenvalue weighted by Gasteiger charge is -2.10. The number of fused-ring (bicyclic) bond motifs is 1. The van der Waals surface area contributed by atoms with Crippen molar-refractivity contribution in [1.29, 1.82) is 0 Å². The molecule has 0 bridgehead atoms. The van der Waals surface area contributed by atoms with Gasteiger partial charge in [-0.15, -0.1) is 0 Å². The Morgan fingerprint density at radius 1 is 1.50 bits per heavy atom. The number of nitrogens with zero attached hydrogens (tertiary/aromatic N) is 3. The minimum absolute atomic E-state index is 0.0986. The van der Waals surface area contributed by atoms with E-state index in [1.54, 1.807) is 6.20 Å². The molecule has 0 unspecified atom stereocenters. The van der Waals surface area contributed by atoms with Gasteiger partial charge in [-0.1, -0.05) is 13.8 Å². The van der Waals surface area contributed by atoms with Crippen molar-refractivity contribution in [1.82, 2.24) is 14.5 Å². The fraction of sp³-hybridized carbons (Fsp3) is 0.462. The molecule has 2 heterocycles. The predicted octanol–water partition coefficient (Wildman–Crippen LogP) is 2.10. The molecule has 2 rings (SSSR count). The van der Waals surface area contributed by atoms with Gasteiger partial charge in [0, 0.05) is 19.2 Å². The van der Waals surface area contributed by atoms with Gasteiger partial charge in [0.05, 0.1) is 6.42 Å². The van der Waals surface area contributed by atoms with Gasteiger partial charge in [0.2, 0.25) is 0 Å². The summed E-state index contributed by atoms with van der Waals surface area (Å²) in [6.45, 7) is 5.05. The van der Waals surface area contributed by atoms with Crippen LogP contribution in [0.4, 0.5) is 0 Å². The smallest absolute Gasteiger partial charge is 0.303 e. The molecule has 5 heteroatoms. The number of rotatable bonds is 5. The van der Waals surface area contributed by atoms with Gasteiger partial charge in [-0.3, -0.25) is 4.79 Å². The third-order valence-corrected chi connectivity index (χ3v) is 2.69. The highest BCUT2D eigenvalue weighted by Crippen LogP contribution is 2.16. The lowest BCUT2D eigenvalue weighted by molar-refractivity contribution is -0.137. The van der Waals surface area contributed by atoms with Crippen molar-refractivity contribution in [3.63, 3.8) is 0 Å². The van der Waals surface area contributed by atoms with Crippen molar-refractivity contribution in [2.24, 2.45) is 5.92 Å². The van der Waals surface area contributed by atoms with E-state index in [9.17, 15) is 4.79 Å². The molecule has 0 atom stereocenters. The number of carboxylic acid groups (broad SMARTS) is 1. The summed E-state index contributed by atoms with van der Waals surface area (Å²) in [7, 11) is 0. The number of aryl methyl sites for hydroxylation is 1. The molecule has 0 aliphatic carbocycles. The number of carbonyl (C=O) groups is 1. The maximum atomic E-state index is 10.7. The molecule has 0 saturated heterocycles. The van der Waals surface area contributed by atoms with E-state index in [0.29, 0.717) is 12.3 Å². The highest BCUT2D eigenvalue weighted by molar-refractivity contribution is 5.71. The number of hydrogen-bond donors (Lipinski definition) is 1. The lowest BCUT2D eigenvalue weighted by atomic mass is 10.2. The number of hydrogen-bond acceptors (Lipinski definition) is 3. The van der Waals surface area contributed by atoms with Crippen LogP contribution >= 0.6 is 0 Å². The van der Waals surface area contributed by atoms with Crippen molar-refractivity contribution in [2.45, 2.75) is 33.2 Å². The first-order valence-electron chi connectivity index (χ1n) is 6.10. The molecule has 0 radical (unpaired) electrons. The van der Waals surface area contributed by atoms with E-state index in [0.717, 1.165) is 23.5 Å². The first-order chi connectivity index (χ1) is 8.58. The summed E-state index contributed by atoms with van der Waals surface area (Å²) in [5.74, 6) is 0.471. The second kappa shape index (κ2) is 5.16. The van der Waals surface area contributed by atoms with Crippen LogP contribution in [0.1, 0.15) is 26.1 Å². The molecular weight excluding hydrogens is 230 g/mol. The zero-order valence-corrected chi connectivity index (χ0v) is 10.6. The highest BCUT2D eigenvalue weighted by Gasteiger charge is 2.13. The maximum absolute atomic E-state index is 10.7. The summed E-state index contributed by atoms with van der Waals surface area (Å²) < 4.78 is 2.03. The van der Waals surface area contributed by atoms with Gasteiger partial charge in [0.25, 0.3) is 0 Å².